The van der Waals surface area contributed by atoms with Crippen LogP contribution in [-0.4, -0.2) is 30.4 Å². The van der Waals surface area contributed by atoms with Crippen molar-refractivity contribution in [2.75, 3.05) is 12.4 Å². The molecule has 1 aliphatic heterocycles. The zero-order valence-corrected chi connectivity index (χ0v) is 20.7. The minimum atomic E-state index is -0.368. The summed E-state index contributed by atoms with van der Waals surface area (Å²) in [5.74, 6) is 0.392. The summed E-state index contributed by atoms with van der Waals surface area (Å²) in [6.45, 7) is 4.63. The number of carbonyl (C=O) groups is 1. The van der Waals surface area contributed by atoms with Crippen molar-refractivity contribution in [2.45, 2.75) is 26.6 Å². The van der Waals surface area contributed by atoms with Gasteiger partial charge in [0.2, 0.25) is 0 Å². The van der Waals surface area contributed by atoms with Gasteiger partial charge in [0.05, 0.1) is 29.9 Å². The molecule has 1 aromatic carbocycles. The van der Waals surface area contributed by atoms with Crippen LogP contribution in [-0.2, 0) is 11.3 Å². The van der Waals surface area contributed by atoms with Gasteiger partial charge >= 0.3 is 5.97 Å². The lowest BCUT2D eigenvalue weighted by molar-refractivity contribution is 0.0600. The van der Waals surface area contributed by atoms with E-state index in [9.17, 15) is 4.79 Å². The molecule has 1 atom stereocenters. The average Bonchev–Trinajstić information content (AvgIpc) is 2.89. The van der Waals surface area contributed by atoms with Crippen molar-refractivity contribution in [3.05, 3.63) is 94.9 Å². The number of esters is 1. The molecule has 1 aromatic heterocycles. The summed E-state index contributed by atoms with van der Waals surface area (Å²) in [6.07, 6.45) is 11.8. The van der Waals surface area contributed by atoms with E-state index in [0.717, 1.165) is 28.1 Å². The second-order valence-corrected chi connectivity index (χ2v) is 8.52. The molecule has 0 amide bonds. The number of allylic oxidation sites excluding steroid dienone is 3. The molecule has 2 aromatic rings. The largest absolute Gasteiger partial charge is 0.465 e. The van der Waals surface area contributed by atoms with Gasteiger partial charge in [-0.1, -0.05) is 26.0 Å². The molecule has 0 bridgehead atoms. The summed E-state index contributed by atoms with van der Waals surface area (Å²) in [6, 6.07) is 9.10. The van der Waals surface area contributed by atoms with E-state index in [4.69, 9.17) is 21.6 Å². The molecule has 36 heavy (non-hydrogen) atoms. The lowest BCUT2D eigenvalue weighted by Crippen LogP contribution is -2.38. The Morgan fingerprint density at radius 1 is 1.28 bits per heavy atom. The topological polar surface area (TPSA) is 151 Å². The Morgan fingerprint density at radius 3 is 2.67 bits per heavy atom. The number of rotatable bonds is 10. The van der Waals surface area contributed by atoms with Gasteiger partial charge in [-0.05, 0) is 59.7 Å². The summed E-state index contributed by atoms with van der Waals surface area (Å²) in [4.78, 5) is 16.1. The standard InChI is InChI=1S/C27H33N7O2/c1-17(2)20(12-28)11-25(30)34-26-9-8-23-24(33-26)10-21(16-32-23)22(13-29)15-31-14-18-4-6-19(7-5-18)27(35)36-3/h4-13,15-17,26,29,31,33-34H,14,28,30H2,1-3H3/b20-12+,22-15+,25-11+,29-13?. The van der Waals surface area contributed by atoms with Gasteiger partial charge in [-0.15, -0.1) is 0 Å². The van der Waals surface area contributed by atoms with Crippen LogP contribution < -0.4 is 27.4 Å². The number of benzene rings is 1. The van der Waals surface area contributed by atoms with Crippen molar-refractivity contribution in [2.24, 2.45) is 17.4 Å². The summed E-state index contributed by atoms with van der Waals surface area (Å²) in [7, 11) is 1.36. The van der Waals surface area contributed by atoms with Crippen LogP contribution in [0.15, 0.2) is 72.5 Å². The second kappa shape index (κ2) is 12.3. The second-order valence-electron chi connectivity index (χ2n) is 8.52. The molecule has 0 aliphatic carbocycles. The zero-order valence-electron chi connectivity index (χ0n) is 20.7. The molecule has 188 valence electrons. The number of fused-ring (bicyclic) bond motifs is 1. The quantitative estimate of drug-likeness (QED) is 0.170. The summed E-state index contributed by atoms with van der Waals surface area (Å²) in [5.41, 5.74) is 17.4. The Balaban J connectivity index is 1.67. The highest BCUT2D eigenvalue weighted by atomic mass is 16.5. The molecule has 9 heteroatoms. The van der Waals surface area contributed by atoms with Crippen molar-refractivity contribution < 1.29 is 9.53 Å². The maximum atomic E-state index is 11.6. The van der Waals surface area contributed by atoms with E-state index in [1.54, 1.807) is 30.7 Å². The van der Waals surface area contributed by atoms with Gasteiger partial charge in [0.15, 0.2) is 0 Å². The van der Waals surface area contributed by atoms with Crippen LogP contribution in [0.2, 0.25) is 0 Å². The predicted molar refractivity (Wildman–Crippen MR) is 145 cm³/mol. The summed E-state index contributed by atoms with van der Waals surface area (Å²) in [5, 5.41) is 17.7. The minimum absolute atomic E-state index is 0.226. The van der Waals surface area contributed by atoms with Crippen LogP contribution in [0.3, 0.4) is 0 Å². The maximum Gasteiger partial charge on any atom is 0.337 e. The number of nitrogens with two attached hydrogens (primary N) is 2. The number of aromatic nitrogens is 1. The Labute approximate surface area is 211 Å². The summed E-state index contributed by atoms with van der Waals surface area (Å²) < 4.78 is 4.72. The highest BCUT2D eigenvalue weighted by Crippen LogP contribution is 2.24. The highest BCUT2D eigenvalue weighted by Gasteiger charge is 2.15. The number of hydrogen-bond acceptors (Lipinski definition) is 9. The van der Waals surface area contributed by atoms with Gasteiger partial charge in [0, 0.05) is 36.3 Å². The fourth-order valence-corrected chi connectivity index (χ4v) is 3.54. The third kappa shape index (κ3) is 6.75. The molecule has 0 fully saturated rings. The number of pyridine rings is 1. The first-order valence-corrected chi connectivity index (χ1v) is 11.6. The van der Waals surface area contributed by atoms with Crippen molar-refractivity contribution in [1.82, 2.24) is 15.6 Å². The lowest BCUT2D eigenvalue weighted by atomic mass is 10.0. The first-order chi connectivity index (χ1) is 17.3. The average molecular weight is 488 g/mol. The molecule has 1 aliphatic rings. The van der Waals surface area contributed by atoms with Crippen molar-refractivity contribution >= 4 is 29.5 Å². The SMILES string of the molecule is COC(=O)c1ccc(CN/C=C(\C=N)c2cnc3c(c2)NC(N/C(N)=C/C(=C\N)C(C)C)C=C3)cc1. The Kier molecular flexibility index (Phi) is 8.88. The molecule has 2 heterocycles. The molecular formula is C27H33N7O2. The van der Waals surface area contributed by atoms with Crippen molar-refractivity contribution in [1.29, 1.82) is 5.41 Å². The Hall–Kier alpha value is -4.53. The normalized spacial score (nSPS) is 15.7. The van der Waals surface area contributed by atoms with E-state index < -0.39 is 0 Å². The molecule has 0 spiro atoms. The molecule has 8 N–H and O–H groups in total. The van der Waals surface area contributed by atoms with Gasteiger partial charge in [-0.25, -0.2) is 4.79 Å². The smallest absolute Gasteiger partial charge is 0.337 e. The lowest BCUT2D eigenvalue weighted by Gasteiger charge is -2.24. The van der Waals surface area contributed by atoms with Gasteiger partial charge in [0.1, 0.15) is 6.17 Å². The van der Waals surface area contributed by atoms with E-state index in [-0.39, 0.29) is 18.1 Å². The maximum absolute atomic E-state index is 11.6. The Morgan fingerprint density at radius 2 is 2.03 bits per heavy atom. The summed E-state index contributed by atoms with van der Waals surface area (Å²) >= 11 is 0. The molecule has 0 radical (unpaired) electrons. The van der Waals surface area contributed by atoms with Crippen LogP contribution in [0, 0.1) is 11.3 Å². The van der Waals surface area contributed by atoms with E-state index in [1.165, 1.54) is 13.3 Å². The first-order valence-electron chi connectivity index (χ1n) is 11.6. The number of anilines is 1. The number of ether oxygens (including phenoxy) is 1. The van der Waals surface area contributed by atoms with Gasteiger partial charge in [-0.3, -0.25) is 4.98 Å². The third-order valence-corrected chi connectivity index (χ3v) is 5.61. The molecule has 9 nitrogen and oxygen atoms in total. The van der Waals surface area contributed by atoms with Crippen LogP contribution in [0.25, 0.3) is 11.6 Å². The van der Waals surface area contributed by atoms with Crippen LogP contribution >= 0.6 is 0 Å². The predicted octanol–water partition coefficient (Wildman–Crippen LogP) is 3.30. The van der Waals surface area contributed by atoms with Crippen LogP contribution in [0.1, 0.15) is 41.0 Å². The first kappa shape index (κ1) is 26.1. The van der Waals surface area contributed by atoms with E-state index in [1.807, 2.05) is 36.4 Å². The Bertz CT molecular complexity index is 1210. The van der Waals surface area contributed by atoms with Crippen molar-refractivity contribution in [3.63, 3.8) is 0 Å². The fourth-order valence-electron chi connectivity index (χ4n) is 3.54. The van der Waals surface area contributed by atoms with Crippen LogP contribution in [0.4, 0.5) is 5.69 Å². The van der Waals surface area contributed by atoms with E-state index in [0.29, 0.717) is 23.5 Å². The molecule has 3 rings (SSSR count). The van der Waals surface area contributed by atoms with E-state index >= 15 is 0 Å². The number of methoxy groups -OCH3 is 1. The highest BCUT2D eigenvalue weighted by molar-refractivity contribution is 6.08. The minimum Gasteiger partial charge on any atom is -0.465 e. The molecular weight excluding hydrogens is 454 g/mol. The van der Waals surface area contributed by atoms with Crippen molar-refractivity contribution in [3.8, 4) is 0 Å². The zero-order chi connectivity index (χ0) is 26.1. The third-order valence-electron chi connectivity index (χ3n) is 5.61. The molecule has 1 unspecified atom stereocenters. The van der Waals surface area contributed by atoms with Crippen LogP contribution in [0.5, 0.6) is 0 Å². The number of nitrogens with zero attached hydrogens (tertiary/aromatic N) is 1. The van der Waals surface area contributed by atoms with Gasteiger partial charge in [0.25, 0.3) is 0 Å². The number of carbonyl (C=O) groups excluding carboxylic acids is 1. The monoisotopic (exact) mass is 487 g/mol. The molecule has 0 saturated heterocycles. The molecule has 0 saturated carbocycles. The van der Waals surface area contributed by atoms with E-state index in [2.05, 4.69) is 34.8 Å². The van der Waals surface area contributed by atoms with Gasteiger partial charge in [-0.2, -0.15) is 0 Å². The fraction of sp³-hybridized carbons (Fsp3) is 0.222. The number of nitrogens with one attached hydrogen (secondary N) is 4. The van der Waals surface area contributed by atoms with Gasteiger partial charge < -0.3 is 37.6 Å². The number of hydrogen-bond donors (Lipinski definition) is 6.